The molecule has 0 aromatic rings. The molecule has 4 nitrogen and oxygen atoms in total. The molecule has 0 N–H and O–H groups in total. The second-order valence-electron chi connectivity index (χ2n) is 2.25. The molecule has 0 radical (unpaired) electrons. The van der Waals surface area contributed by atoms with Gasteiger partial charge in [0.2, 0.25) is 3.79 Å². The summed E-state index contributed by atoms with van der Waals surface area (Å²) < 4.78 is 24.6. The maximum atomic E-state index is 11.8. The SMILES string of the molecule is CCOP(=O)(OCC)OC(Br)C(Cl)(Cl)Cl. The summed E-state index contributed by atoms with van der Waals surface area (Å²) in [4.78, 5) is 0. The first-order valence-corrected chi connectivity index (χ1v) is 7.54. The first-order valence-electron chi connectivity index (χ1n) is 4.03. The second-order valence-corrected chi connectivity index (χ2v) is 7.07. The molecule has 1 atom stereocenters. The zero-order chi connectivity index (χ0) is 12.1. The second kappa shape index (κ2) is 7.02. The maximum Gasteiger partial charge on any atom is 0.476 e. The number of hydrogen-bond donors (Lipinski definition) is 0. The Morgan fingerprint density at radius 2 is 1.67 bits per heavy atom. The van der Waals surface area contributed by atoms with Crippen molar-refractivity contribution in [2.24, 2.45) is 0 Å². The molecule has 0 aliphatic rings. The number of halogens is 4. The van der Waals surface area contributed by atoms with Crippen molar-refractivity contribution >= 4 is 58.6 Å². The molecule has 0 rings (SSSR count). The molecule has 0 amide bonds. The van der Waals surface area contributed by atoms with E-state index in [0.717, 1.165) is 0 Å². The molecule has 92 valence electrons. The largest absolute Gasteiger partial charge is 0.476 e. The van der Waals surface area contributed by atoms with Gasteiger partial charge in [0.25, 0.3) is 0 Å². The fraction of sp³-hybridized carbons (Fsp3) is 1.00. The van der Waals surface area contributed by atoms with E-state index < -0.39 is 16.6 Å². The zero-order valence-corrected chi connectivity index (χ0v) is 12.8. The van der Waals surface area contributed by atoms with Crippen LogP contribution in [-0.2, 0) is 18.1 Å². The van der Waals surface area contributed by atoms with Crippen LogP contribution in [-0.4, -0.2) is 22.0 Å². The Bertz CT molecular complexity index is 225. The Kier molecular flexibility index (Phi) is 7.70. The third kappa shape index (κ3) is 6.69. The van der Waals surface area contributed by atoms with E-state index in [1.807, 2.05) is 0 Å². The van der Waals surface area contributed by atoms with Gasteiger partial charge in [-0.25, -0.2) is 4.57 Å². The standard InChI is InChI=1S/C6H11BrCl3O4P/c1-3-12-15(11,13-4-2)14-5(7)6(8,9)10/h5H,3-4H2,1-2H3. The molecule has 0 aliphatic heterocycles. The third-order valence-corrected chi connectivity index (χ3v) is 5.22. The number of alkyl halides is 4. The van der Waals surface area contributed by atoms with Gasteiger partial charge < -0.3 is 0 Å². The summed E-state index contributed by atoms with van der Waals surface area (Å²) in [5, 5.41) is -1.08. The van der Waals surface area contributed by atoms with Gasteiger partial charge in [0, 0.05) is 0 Å². The average molecular weight is 364 g/mol. The highest BCUT2D eigenvalue weighted by Gasteiger charge is 2.39. The number of phosphoric ester groups is 1. The molecule has 0 aromatic carbocycles. The fourth-order valence-corrected chi connectivity index (χ4v) is 2.74. The average Bonchev–Trinajstić information content (AvgIpc) is 2.02. The van der Waals surface area contributed by atoms with E-state index >= 15 is 0 Å². The summed E-state index contributed by atoms with van der Waals surface area (Å²) in [6, 6.07) is 0. The van der Waals surface area contributed by atoms with Crippen LogP contribution < -0.4 is 0 Å². The van der Waals surface area contributed by atoms with Gasteiger partial charge >= 0.3 is 7.82 Å². The van der Waals surface area contributed by atoms with Crippen molar-refractivity contribution in [1.82, 2.24) is 0 Å². The van der Waals surface area contributed by atoms with Crippen molar-refractivity contribution in [2.75, 3.05) is 13.2 Å². The van der Waals surface area contributed by atoms with E-state index in [0.29, 0.717) is 0 Å². The maximum absolute atomic E-state index is 11.8. The monoisotopic (exact) mass is 362 g/mol. The van der Waals surface area contributed by atoms with Crippen molar-refractivity contribution in [1.29, 1.82) is 0 Å². The van der Waals surface area contributed by atoms with E-state index in [1.165, 1.54) is 0 Å². The van der Waals surface area contributed by atoms with Crippen LogP contribution in [0.2, 0.25) is 0 Å². The van der Waals surface area contributed by atoms with E-state index in [9.17, 15) is 4.57 Å². The van der Waals surface area contributed by atoms with Crippen LogP contribution in [0.3, 0.4) is 0 Å². The number of rotatable bonds is 6. The predicted molar refractivity (Wildman–Crippen MR) is 64.9 cm³/mol. The van der Waals surface area contributed by atoms with Crippen molar-refractivity contribution in [3.05, 3.63) is 0 Å². The molecule has 15 heavy (non-hydrogen) atoms. The first-order chi connectivity index (χ1) is 6.75. The summed E-state index contributed by atoms with van der Waals surface area (Å²) >= 11 is 19.5. The van der Waals surface area contributed by atoms with Gasteiger partial charge in [0.1, 0.15) is 0 Å². The van der Waals surface area contributed by atoms with Gasteiger partial charge in [-0.2, -0.15) is 0 Å². The minimum atomic E-state index is -3.67. The number of phosphoric acid groups is 1. The van der Waals surface area contributed by atoms with Gasteiger partial charge in [-0.1, -0.05) is 50.7 Å². The molecule has 0 saturated heterocycles. The lowest BCUT2D eigenvalue weighted by Crippen LogP contribution is -2.22. The highest BCUT2D eigenvalue weighted by Crippen LogP contribution is 2.54. The quantitative estimate of drug-likeness (QED) is 0.521. The smallest absolute Gasteiger partial charge is 0.287 e. The van der Waals surface area contributed by atoms with Gasteiger partial charge in [-0.3, -0.25) is 13.6 Å². The van der Waals surface area contributed by atoms with E-state index in [1.54, 1.807) is 13.8 Å². The highest BCUT2D eigenvalue weighted by molar-refractivity contribution is 9.09. The van der Waals surface area contributed by atoms with Crippen molar-refractivity contribution in [3.63, 3.8) is 0 Å². The molecular formula is C6H11BrCl3O4P. The molecule has 0 bridgehead atoms. The predicted octanol–water partition coefficient (Wildman–Crippen LogP) is 4.28. The Morgan fingerprint density at radius 1 is 1.27 bits per heavy atom. The van der Waals surface area contributed by atoms with Crippen molar-refractivity contribution in [3.8, 4) is 0 Å². The molecule has 0 aliphatic carbocycles. The van der Waals surface area contributed by atoms with Crippen LogP contribution in [0.4, 0.5) is 0 Å². The minimum Gasteiger partial charge on any atom is -0.287 e. The molecule has 9 heteroatoms. The van der Waals surface area contributed by atoms with E-state index in [-0.39, 0.29) is 13.2 Å². The normalized spacial score (nSPS) is 15.3. The molecule has 0 heterocycles. The first kappa shape index (κ1) is 16.5. The lowest BCUT2D eigenvalue weighted by atomic mass is 10.8. The molecular weight excluding hydrogens is 353 g/mol. The third-order valence-electron chi connectivity index (χ3n) is 1.05. The van der Waals surface area contributed by atoms with Gasteiger partial charge in [0.05, 0.1) is 13.2 Å². The Balaban J connectivity index is 4.48. The van der Waals surface area contributed by atoms with Gasteiger partial charge in [0.15, 0.2) is 5.01 Å². The fourth-order valence-electron chi connectivity index (χ4n) is 0.587. The lowest BCUT2D eigenvalue weighted by Gasteiger charge is -2.23. The van der Waals surface area contributed by atoms with Crippen molar-refractivity contribution < 1.29 is 18.1 Å². The summed E-state index contributed by atoms with van der Waals surface area (Å²) in [6.07, 6.45) is 0. The van der Waals surface area contributed by atoms with Crippen LogP contribution in [0.1, 0.15) is 13.8 Å². The van der Waals surface area contributed by atoms with Gasteiger partial charge in [-0.05, 0) is 13.8 Å². The Morgan fingerprint density at radius 3 is 1.93 bits per heavy atom. The minimum absolute atomic E-state index is 0.164. The van der Waals surface area contributed by atoms with E-state index in [2.05, 4.69) is 15.9 Å². The Labute approximate surface area is 112 Å². The van der Waals surface area contributed by atoms with E-state index in [4.69, 9.17) is 48.4 Å². The lowest BCUT2D eigenvalue weighted by molar-refractivity contribution is 0.116. The van der Waals surface area contributed by atoms with Crippen molar-refractivity contribution in [2.45, 2.75) is 22.7 Å². The summed E-state index contributed by atoms with van der Waals surface area (Å²) in [5.74, 6) is 0. The van der Waals surface area contributed by atoms with Crippen LogP contribution in [0.25, 0.3) is 0 Å². The van der Waals surface area contributed by atoms with Crippen LogP contribution in [0.5, 0.6) is 0 Å². The summed E-state index contributed by atoms with van der Waals surface area (Å²) in [7, 11) is -3.67. The molecule has 0 spiro atoms. The van der Waals surface area contributed by atoms with Gasteiger partial charge in [-0.15, -0.1) is 0 Å². The Hall–Kier alpha value is 1.46. The molecule has 1 unspecified atom stereocenters. The van der Waals surface area contributed by atoms with Crippen LogP contribution in [0, 0.1) is 0 Å². The molecule has 0 aromatic heterocycles. The highest BCUT2D eigenvalue weighted by atomic mass is 79.9. The van der Waals surface area contributed by atoms with Crippen LogP contribution in [0.15, 0.2) is 0 Å². The van der Waals surface area contributed by atoms with Crippen LogP contribution >= 0.6 is 58.6 Å². The summed E-state index contributed by atoms with van der Waals surface area (Å²) in [6.45, 7) is 3.62. The molecule has 0 fully saturated rings. The topological polar surface area (TPSA) is 44.8 Å². The molecule has 0 saturated carbocycles. The number of hydrogen-bond acceptors (Lipinski definition) is 4. The summed E-state index contributed by atoms with van der Waals surface area (Å²) in [5.41, 5.74) is 0. The zero-order valence-electron chi connectivity index (χ0n) is 8.08.